The van der Waals surface area contributed by atoms with Gasteiger partial charge in [-0.2, -0.15) is 4.68 Å². The van der Waals surface area contributed by atoms with Crippen LogP contribution in [0.3, 0.4) is 0 Å². The highest BCUT2D eigenvalue weighted by Gasteiger charge is 2.33. The van der Waals surface area contributed by atoms with Crippen LogP contribution in [0.4, 0.5) is 10.6 Å². The number of carbonyl (C=O) groups is 2. The van der Waals surface area contributed by atoms with Crippen LogP contribution in [0.15, 0.2) is 60.9 Å². The Kier molecular flexibility index (Phi) is 7.24. The van der Waals surface area contributed by atoms with Crippen molar-refractivity contribution in [1.29, 1.82) is 0 Å². The fourth-order valence-corrected chi connectivity index (χ4v) is 4.68. The topological polar surface area (TPSA) is 127 Å². The van der Waals surface area contributed by atoms with Crippen molar-refractivity contribution in [3.63, 3.8) is 0 Å². The number of carbonyl (C=O) groups excluding carboxylic acids is 2. The van der Waals surface area contributed by atoms with E-state index in [0.29, 0.717) is 53.6 Å². The zero-order valence-electron chi connectivity index (χ0n) is 20.0. The predicted octanol–water partition coefficient (Wildman–Crippen LogP) is 2.84. The van der Waals surface area contributed by atoms with E-state index in [1.54, 1.807) is 64.4 Å². The van der Waals surface area contributed by atoms with Crippen molar-refractivity contribution in [3.05, 3.63) is 71.5 Å². The van der Waals surface area contributed by atoms with Gasteiger partial charge in [0, 0.05) is 31.0 Å². The molecule has 4 aromatic rings. The van der Waals surface area contributed by atoms with E-state index in [0.717, 1.165) is 5.69 Å². The van der Waals surface area contributed by atoms with E-state index < -0.39 is 6.09 Å². The highest BCUT2D eigenvalue weighted by molar-refractivity contribution is 6.33. The molecule has 2 amide bonds. The first-order valence-electron chi connectivity index (χ1n) is 11.8. The van der Waals surface area contributed by atoms with Gasteiger partial charge in [0.15, 0.2) is 11.5 Å². The number of amides is 2. The van der Waals surface area contributed by atoms with Gasteiger partial charge in [-0.1, -0.05) is 16.8 Å². The first-order chi connectivity index (χ1) is 18.0. The summed E-state index contributed by atoms with van der Waals surface area (Å²) < 4.78 is 6.31. The zero-order valence-corrected chi connectivity index (χ0v) is 20.8. The number of nitrogens with one attached hydrogen (secondary N) is 2. The van der Waals surface area contributed by atoms with E-state index in [9.17, 15) is 9.59 Å². The second-order valence-corrected chi connectivity index (χ2v) is 9.07. The third-order valence-corrected chi connectivity index (χ3v) is 6.55. The average Bonchev–Trinajstić information content (AvgIpc) is 3.37. The lowest BCUT2D eigenvalue weighted by molar-refractivity contribution is 0.0966. The summed E-state index contributed by atoms with van der Waals surface area (Å²) in [6, 6.07) is 13.9. The molecule has 1 aromatic carbocycles. The van der Waals surface area contributed by atoms with E-state index in [1.165, 1.54) is 7.11 Å². The number of benzene rings is 1. The maximum atomic E-state index is 13.9. The Bertz CT molecular complexity index is 1410. The lowest BCUT2D eigenvalue weighted by Crippen LogP contribution is -2.53. The molecule has 0 radical (unpaired) electrons. The molecule has 1 aliphatic heterocycles. The third kappa shape index (κ3) is 5.23. The highest BCUT2D eigenvalue weighted by atomic mass is 35.5. The molecule has 1 saturated heterocycles. The van der Waals surface area contributed by atoms with E-state index in [1.807, 2.05) is 6.07 Å². The largest absolute Gasteiger partial charge is 0.453 e. The maximum Gasteiger partial charge on any atom is 0.406 e. The number of hydrogen-bond donors (Lipinski definition) is 2. The summed E-state index contributed by atoms with van der Waals surface area (Å²) >= 11 is 6.50. The molecule has 4 heterocycles. The fraction of sp³-hybridized carbons (Fsp3) is 0.280. The SMILES string of the molecule is COC(=O)NC[C@H]1CNC[C@H](N(C(=O)c2ccc(-n3nnc4cccnc43)cc2)c2ncccc2Cl)C1. The van der Waals surface area contributed by atoms with Crippen LogP contribution < -0.4 is 15.5 Å². The maximum absolute atomic E-state index is 13.9. The Balaban J connectivity index is 1.42. The number of nitrogens with zero attached hydrogens (tertiary/aromatic N) is 6. The van der Waals surface area contributed by atoms with Gasteiger partial charge in [0.25, 0.3) is 5.91 Å². The molecule has 3 aromatic heterocycles. The van der Waals surface area contributed by atoms with Gasteiger partial charge in [-0.3, -0.25) is 9.69 Å². The molecule has 0 bridgehead atoms. The number of methoxy groups -OCH3 is 1. The molecule has 190 valence electrons. The number of rotatable bonds is 6. The van der Waals surface area contributed by atoms with Crippen LogP contribution in [-0.2, 0) is 4.74 Å². The van der Waals surface area contributed by atoms with Crippen LogP contribution in [0.25, 0.3) is 16.9 Å². The minimum atomic E-state index is -0.488. The van der Waals surface area contributed by atoms with Gasteiger partial charge in [-0.15, -0.1) is 5.10 Å². The quantitative estimate of drug-likeness (QED) is 0.397. The van der Waals surface area contributed by atoms with E-state index in [2.05, 4.69) is 35.7 Å². The van der Waals surface area contributed by atoms with Crippen LogP contribution >= 0.6 is 11.6 Å². The van der Waals surface area contributed by atoms with Crippen LogP contribution in [-0.4, -0.2) is 69.7 Å². The van der Waals surface area contributed by atoms with Crippen molar-refractivity contribution >= 4 is 40.6 Å². The molecule has 1 fully saturated rings. The summed E-state index contributed by atoms with van der Waals surface area (Å²) in [7, 11) is 1.33. The summed E-state index contributed by atoms with van der Waals surface area (Å²) in [6.07, 6.45) is 3.45. The summed E-state index contributed by atoms with van der Waals surface area (Å²) in [5, 5.41) is 14.8. The number of halogens is 1. The molecule has 5 rings (SSSR count). The van der Waals surface area contributed by atoms with Gasteiger partial charge in [0.1, 0.15) is 5.52 Å². The molecular formula is C25H25ClN8O3. The van der Waals surface area contributed by atoms with Crippen LogP contribution in [0.2, 0.25) is 5.02 Å². The van der Waals surface area contributed by atoms with Crippen LogP contribution in [0, 0.1) is 5.92 Å². The van der Waals surface area contributed by atoms with Crippen molar-refractivity contribution in [2.24, 2.45) is 5.92 Å². The van der Waals surface area contributed by atoms with Gasteiger partial charge < -0.3 is 15.4 Å². The molecule has 11 nitrogen and oxygen atoms in total. The van der Waals surface area contributed by atoms with Crippen molar-refractivity contribution < 1.29 is 14.3 Å². The standard InChI is InChI=1S/C25H25ClN8O3/c1-37-25(36)30-14-16-12-19(15-27-13-16)33(22-20(26)4-2-10-28-22)24(35)17-6-8-18(9-7-17)34-23-21(31-32-34)5-3-11-29-23/h2-11,16,19,27H,12-15H2,1H3,(H,30,36)/t16-,19-/m1/s1. The molecule has 0 saturated carbocycles. The van der Waals surface area contributed by atoms with Crippen molar-refractivity contribution in [1.82, 2.24) is 35.6 Å². The van der Waals surface area contributed by atoms with Crippen molar-refractivity contribution in [2.45, 2.75) is 12.5 Å². The normalized spacial score (nSPS) is 17.4. The zero-order chi connectivity index (χ0) is 25.8. The Hall–Kier alpha value is -4.09. The molecule has 2 atom stereocenters. The van der Waals surface area contributed by atoms with Gasteiger partial charge in [-0.05, 0) is 67.4 Å². The number of piperidine rings is 1. The number of fused-ring (bicyclic) bond motifs is 1. The number of pyridine rings is 2. The van der Waals surface area contributed by atoms with E-state index in [-0.39, 0.29) is 17.9 Å². The second-order valence-electron chi connectivity index (χ2n) is 8.66. The molecular weight excluding hydrogens is 496 g/mol. The van der Waals surface area contributed by atoms with Gasteiger partial charge >= 0.3 is 6.09 Å². The second kappa shape index (κ2) is 10.9. The Morgan fingerprint density at radius 1 is 1.14 bits per heavy atom. The summed E-state index contributed by atoms with van der Waals surface area (Å²) in [5.41, 5.74) is 2.51. The smallest absolute Gasteiger partial charge is 0.406 e. The number of alkyl carbamates (subject to hydrolysis) is 1. The fourth-order valence-electron chi connectivity index (χ4n) is 4.47. The first kappa shape index (κ1) is 24.6. The predicted molar refractivity (Wildman–Crippen MR) is 138 cm³/mol. The minimum absolute atomic E-state index is 0.0890. The molecule has 1 aliphatic rings. The average molecular weight is 521 g/mol. The number of anilines is 1. The number of aromatic nitrogens is 5. The van der Waals surface area contributed by atoms with Crippen molar-refractivity contribution in [2.75, 3.05) is 31.6 Å². The third-order valence-electron chi connectivity index (χ3n) is 6.26. The molecule has 0 spiro atoms. The van der Waals surface area contributed by atoms with Gasteiger partial charge in [-0.25, -0.2) is 14.8 Å². The summed E-state index contributed by atoms with van der Waals surface area (Å²) in [4.78, 5) is 35.9. The van der Waals surface area contributed by atoms with Crippen LogP contribution in [0.1, 0.15) is 16.8 Å². The Morgan fingerprint density at radius 2 is 1.92 bits per heavy atom. The van der Waals surface area contributed by atoms with E-state index >= 15 is 0 Å². The summed E-state index contributed by atoms with van der Waals surface area (Å²) in [5.74, 6) is 0.242. The van der Waals surface area contributed by atoms with Crippen molar-refractivity contribution in [3.8, 4) is 5.69 Å². The molecule has 0 unspecified atom stereocenters. The molecule has 2 N–H and O–H groups in total. The van der Waals surface area contributed by atoms with Gasteiger partial charge in [0.2, 0.25) is 0 Å². The van der Waals surface area contributed by atoms with E-state index in [4.69, 9.17) is 11.6 Å². The highest BCUT2D eigenvalue weighted by Crippen LogP contribution is 2.29. The lowest BCUT2D eigenvalue weighted by atomic mass is 9.94. The Morgan fingerprint density at radius 3 is 2.70 bits per heavy atom. The molecule has 37 heavy (non-hydrogen) atoms. The van der Waals surface area contributed by atoms with Crippen LogP contribution in [0.5, 0.6) is 0 Å². The summed E-state index contributed by atoms with van der Waals surface area (Å²) in [6.45, 7) is 1.68. The Labute approximate surface area is 217 Å². The first-order valence-corrected chi connectivity index (χ1v) is 12.2. The molecule has 0 aliphatic carbocycles. The number of ether oxygens (including phenoxy) is 1. The minimum Gasteiger partial charge on any atom is -0.453 e. The lowest BCUT2D eigenvalue weighted by Gasteiger charge is -2.37. The van der Waals surface area contributed by atoms with Gasteiger partial charge in [0.05, 0.1) is 23.9 Å². The monoisotopic (exact) mass is 520 g/mol. The molecule has 12 heteroatoms. The number of hydrogen-bond acceptors (Lipinski definition) is 8.